The van der Waals surface area contributed by atoms with Crippen molar-refractivity contribution in [2.75, 3.05) is 6.61 Å². The van der Waals surface area contributed by atoms with Gasteiger partial charge in [-0.15, -0.1) is 0 Å². The van der Waals surface area contributed by atoms with Crippen molar-refractivity contribution in [3.8, 4) is 0 Å². The molecule has 0 heterocycles. The predicted molar refractivity (Wildman–Crippen MR) is 92.7 cm³/mol. The van der Waals surface area contributed by atoms with Gasteiger partial charge in [-0.3, -0.25) is 0 Å². The van der Waals surface area contributed by atoms with Crippen molar-refractivity contribution in [2.24, 2.45) is 0 Å². The first-order valence-corrected chi connectivity index (χ1v) is 8.19. The summed E-state index contributed by atoms with van der Waals surface area (Å²) in [6, 6.07) is 6.97. The minimum atomic E-state index is -0.770. The highest BCUT2D eigenvalue weighted by Gasteiger charge is 2.25. The molecule has 0 saturated heterocycles. The highest BCUT2D eigenvalue weighted by atomic mass is 127. The number of carbonyl (C=O) groups is 2. The van der Waals surface area contributed by atoms with Gasteiger partial charge in [-0.05, 0) is 68.0 Å². The highest BCUT2D eigenvalue weighted by Crippen LogP contribution is 2.12. The standard InChI is InChI=1S/C16H22INO4/c1-5-21-14(19)13(18-15(20)22-16(2,3)4)10-11-7-6-8-12(17)9-11/h6-9,13H,5,10H2,1-4H3,(H,18,20)/t13-/m0/s1. The topological polar surface area (TPSA) is 64.6 Å². The van der Waals surface area contributed by atoms with Crippen molar-refractivity contribution < 1.29 is 19.1 Å². The minimum Gasteiger partial charge on any atom is -0.464 e. The van der Waals surface area contributed by atoms with Gasteiger partial charge in [-0.25, -0.2) is 9.59 Å². The lowest BCUT2D eigenvalue weighted by Crippen LogP contribution is -2.45. The Morgan fingerprint density at radius 3 is 2.55 bits per heavy atom. The molecular weight excluding hydrogens is 397 g/mol. The molecule has 0 aliphatic rings. The van der Waals surface area contributed by atoms with Gasteiger partial charge in [0.1, 0.15) is 11.6 Å². The number of hydrogen-bond acceptors (Lipinski definition) is 4. The number of alkyl carbamates (subject to hydrolysis) is 1. The molecule has 1 rings (SSSR count). The minimum absolute atomic E-state index is 0.262. The fourth-order valence-corrected chi connectivity index (χ4v) is 2.39. The molecule has 1 amide bonds. The molecule has 5 nitrogen and oxygen atoms in total. The van der Waals surface area contributed by atoms with E-state index in [1.54, 1.807) is 27.7 Å². The van der Waals surface area contributed by atoms with E-state index in [-0.39, 0.29) is 6.61 Å². The van der Waals surface area contributed by atoms with Gasteiger partial charge in [0.15, 0.2) is 0 Å². The zero-order valence-electron chi connectivity index (χ0n) is 13.3. The van der Waals surface area contributed by atoms with Gasteiger partial charge < -0.3 is 14.8 Å². The first-order valence-electron chi connectivity index (χ1n) is 7.12. The molecule has 122 valence electrons. The molecule has 1 aromatic carbocycles. The van der Waals surface area contributed by atoms with Crippen LogP contribution in [0.5, 0.6) is 0 Å². The molecule has 0 fully saturated rings. The Hall–Kier alpha value is -1.31. The van der Waals surface area contributed by atoms with Gasteiger partial charge in [0.2, 0.25) is 0 Å². The fourth-order valence-electron chi connectivity index (χ4n) is 1.79. The summed E-state index contributed by atoms with van der Waals surface area (Å²) in [5.41, 5.74) is 0.326. The van der Waals surface area contributed by atoms with Crippen LogP contribution in [0.15, 0.2) is 24.3 Å². The molecule has 0 unspecified atom stereocenters. The lowest BCUT2D eigenvalue weighted by molar-refractivity contribution is -0.145. The summed E-state index contributed by atoms with van der Waals surface area (Å²) in [5.74, 6) is -0.466. The third-order valence-electron chi connectivity index (χ3n) is 2.59. The quantitative estimate of drug-likeness (QED) is 0.588. The Kier molecular flexibility index (Phi) is 7.12. The van der Waals surface area contributed by atoms with Crippen LogP contribution >= 0.6 is 22.6 Å². The third-order valence-corrected chi connectivity index (χ3v) is 3.26. The molecule has 0 spiro atoms. The Balaban J connectivity index is 2.80. The summed E-state index contributed by atoms with van der Waals surface area (Å²) in [5, 5.41) is 2.59. The van der Waals surface area contributed by atoms with E-state index in [4.69, 9.17) is 9.47 Å². The Morgan fingerprint density at radius 2 is 2.00 bits per heavy atom. The maximum Gasteiger partial charge on any atom is 0.408 e. The lowest BCUT2D eigenvalue weighted by atomic mass is 10.1. The second-order valence-corrected chi connectivity index (χ2v) is 7.03. The normalized spacial score (nSPS) is 12.4. The summed E-state index contributed by atoms with van der Waals surface area (Å²) in [7, 11) is 0. The average Bonchev–Trinajstić information content (AvgIpc) is 2.36. The molecule has 0 saturated carbocycles. The number of ether oxygens (including phenoxy) is 2. The van der Waals surface area contributed by atoms with Gasteiger partial charge in [-0.1, -0.05) is 12.1 Å². The largest absolute Gasteiger partial charge is 0.464 e. The van der Waals surface area contributed by atoms with E-state index in [2.05, 4.69) is 27.9 Å². The van der Waals surface area contributed by atoms with E-state index in [1.165, 1.54) is 0 Å². The average molecular weight is 419 g/mol. The van der Waals surface area contributed by atoms with E-state index in [0.29, 0.717) is 6.42 Å². The van der Waals surface area contributed by atoms with Crippen LogP contribution < -0.4 is 5.32 Å². The van der Waals surface area contributed by atoms with E-state index in [1.807, 2.05) is 24.3 Å². The monoisotopic (exact) mass is 419 g/mol. The van der Waals surface area contributed by atoms with Crippen LogP contribution in [0, 0.1) is 3.57 Å². The molecule has 6 heteroatoms. The van der Waals surface area contributed by atoms with Crippen LogP contribution in [0.25, 0.3) is 0 Å². The number of amides is 1. The molecule has 1 N–H and O–H groups in total. The number of carbonyl (C=O) groups excluding carboxylic acids is 2. The predicted octanol–water partition coefficient (Wildman–Crippen LogP) is 3.29. The van der Waals surface area contributed by atoms with E-state index in [9.17, 15) is 9.59 Å². The zero-order chi connectivity index (χ0) is 16.8. The summed E-state index contributed by atoms with van der Waals surface area (Å²) in [6.07, 6.45) is -0.272. The summed E-state index contributed by atoms with van der Waals surface area (Å²) in [6.45, 7) is 7.30. The van der Waals surface area contributed by atoms with Gasteiger partial charge in [0, 0.05) is 9.99 Å². The molecule has 1 atom stereocenters. The van der Waals surface area contributed by atoms with Crippen LogP contribution in [0.3, 0.4) is 0 Å². The second kappa shape index (κ2) is 8.36. The maximum atomic E-state index is 12.0. The Morgan fingerprint density at radius 1 is 1.32 bits per heavy atom. The van der Waals surface area contributed by atoms with Crippen LogP contribution in [0.4, 0.5) is 4.79 Å². The van der Waals surface area contributed by atoms with Crippen molar-refractivity contribution in [1.82, 2.24) is 5.32 Å². The maximum absolute atomic E-state index is 12.0. The number of benzene rings is 1. The summed E-state index contributed by atoms with van der Waals surface area (Å²) < 4.78 is 11.3. The Labute approximate surface area is 144 Å². The zero-order valence-corrected chi connectivity index (χ0v) is 15.5. The van der Waals surface area contributed by atoms with E-state index >= 15 is 0 Å². The van der Waals surface area contributed by atoms with Gasteiger partial charge >= 0.3 is 12.1 Å². The second-order valence-electron chi connectivity index (χ2n) is 5.78. The van der Waals surface area contributed by atoms with Crippen molar-refractivity contribution >= 4 is 34.7 Å². The molecule has 0 aromatic heterocycles. The lowest BCUT2D eigenvalue weighted by Gasteiger charge is -2.23. The summed E-state index contributed by atoms with van der Waals surface area (Å²) >= 11 is 2.20. The van der Waals surface area contributed by atoms with Crippen molar-refractivity contribution in [1.29, 1.82) is 0 Å². The number of hydrogen-bond donors (Lipinski definition) is 1. The number of rotatable bonds is 5. The molecule has 0 radical (unpaired) electrons. The molecule has 0 bridgehead atoms. The highest BCUT2D eigenvalue weighted by molar-refractivity contribution is 14.1. The number of halogens is 1. The molecule has 1 aromatic rings. The van der Waals surface area contributed by atoms with Gasteiger partial charge in [0.25, 0.3) is 0 Å². The first kappa shape index (κ1) is 18.7. The number of nitrogens with one attached hydrogen (secondary N) is 1. The summed E-state index contributed by atoms with van der Waals surface area (Å²) in [4.78, 5) is 23.9. The molecular formula is C16H22INO4. The van der Waals surface area contributed by atoms with Crippen LogP contribution in [-0.4, -0.2) is 30.3 Å². The van der Waals surface area contributed by atoms with E-state index < -0.39 is 23.7 Å². The smallest absolute Gasteiger partial charge is 0.408 e. The van der Waals surface area contributed by atoms with Gasteiger partial charge in [-0.2, -0.15) is 0 Å². The molecule has 0 aliphatic carbocycles. The van der Waals surface area contributed by atoms with Crippen molar-refractivity contribution in [3.05, 3.63) is 33.4 Å². The Bertz CT molecular complexity index is 525. The molecule has 0 aliphatic heterocycles. The van der Waals surface area contributed by atoms with Crippen molar-refractivity contribution in [2.45, 2.75) is 45.8 Å². The molecule has 22 heavy (non-hydrogen) atoms. The van der Waals surface area contributed by atoms with Gasteiger partial charge in [0.05, 0.1) is 6.61 Å². The van der Waals surface area contributed by atoms with Crippen LogP contribution in [-0.2, 0) is 20.7 Å². The first-order chi connectivity index (χ1) is 10.2. The third kappa shape index (κ3) is 7.11. The van der Waals surface area contributed by atoms with Crippen LogP contribution in [0.1, 0.15) is 33.3 Å². The van der Waals surface area contributed by atoms with Crippen molar-refractivity contribution in [3.63, 3.8) is 0 Å². The fraction of sp³-hybridized carbons (Fsp3) is 0.500. The SMILES string of the molecule is CCOC(=O)[C@H](Cc1cccc(I)c1)NC(=O)OC(C)(C)C. The van der Waals surface area contributed by atoms with E-state index in [0.717, 1.165) is 9.13 Å². The van der Waals surface area contributed by atoms with Crippen LogP contribution in [0.2, 0.25) is 0 Å². The number of esters is 1.